The largest absolute Gasteiger partial charge is 0.497 e. The van der Waals surface area contributed by atoms with Gasteiger partial charge in [-0.15, -0.1) is 0 Å². The van der Waals surface area contributed by atoms with Crippen LogP contribution in [-0.4, -0.2) is 34.2 Å². The molecular formula is C21H27FN2O4S. The first-order valence-corrected chi connectivity index (χ1v) is 11.1. The Morgan fingerprint density at radius 1 is 1.10 bits per heavy atom. The van der Waals surface area contributed by atoms with Crippen molar-refractivity contribution in [3.05, 3.63) is 59.9 Å². The first kappa shape index (κ1) is 22.7. The van der Waals surface area contributed by atoms with Crippen LogP contribution in [-0.2, 0) is 14.8 Å². The smallest absolute Gasteiger partial charge is 0.241 e. The number of nitrogens with zero attached hydrogens (tertiary/aromatic N) is 1. The molecule has 2 rings (SSSR count). The van der Waals surface area contributed by atoms with Crippen LogP contribution in [0.3, 0.4) is 0 Å². The second-order valence-electron chi connectivity index (χ2n) is 7.27. The van der Waals surface area contributed by atoms with Crippen molar-refractivity contribution in [3.8, 4) is 5.75 Å². The van der Waals surface area contributed by atoms with Gasteiger partial charge in [-0.1, -0.05) is 26.0 Å². The molecule has 0 aliphatic rings. The first-order chi connectivity index (χ1) is 13.6. The number of ether oxygens (including phenoxy) is 1. The molecule has 2 aromatic carbocycles. The van der Waals surface area contributed by atoms with E-state index >= 15 is 0 Å². The molecule has 0 heterocycles. The molecule has 0 aromatic heterocycles. The van der Waals surface area contributed by atoms with Crippen molar-refractivity contribution in [3.63, 3.8) is 0 Å². The molecule has 0 saturated carbocycles. The Balaban J connectivity index is 2.20. The molecule has 8 heteroatoms. The molecule has 1 unspecified atom stereocenters. The summed E-state index contributed by atoms with van der Waals surface area (Å²) in [5, 5.41) is 2.93. The predicted molar refractivity (Wildman–Crippen MR) is 112 cm³/mol. The van der Waals surface area contributed by atoms with Crippen molar-refractivity contribution in [1.29, 1.82) is 0 Å². The van der Waals surface area contributed by atoms with Crippen molar-refractivity contribution in [2.45, 2.75) is 26.3 Å². The lowest BCUT2D eigenvalue weighted by molar-refractivity contribution is -0.120. The number of benzene rings is 2. The fourth-order valence-electron chi connectivity index (χ4n) is 2.96. The van der Waals surface area contributed by atoms with Gasteiger partial charge in [0.15, 0.2) is 0 Å². The molecule has 0 aliphatic heterocycles. The van der Waals surface area contributed by atoms with Gasteiger partial charge in [0.1, 0.15) is 18.1 Å². The Kier molecular flexibility index (Phi) is 7.61. The van der Waals surface area contributed by atoms with Crippen molar-refractivity contribution in [2.24, 2.45) is 5.92 Å². The van der Waals surface area contributed by atoms with Gasteiger partial charge in [-0.2, -0.15) is 0 Å². The van der Waals surface area contributed by atoms with Crippen molar-refractivity contribution in [1.82, 2.24) is 5.32 Å². The fourth-order valence-corrected chi connectivity index (χ4v) is 3.82. The molecule has 0 bridgehead atoms. The van der Waals surface area contributed by atoms with Crippen LogP contribution in [0.25, 0.3) is 0 Å². The fraction of sp³-hybridized carbons (Fsp3) is 0.381. The maximum absolute atomic E-state index is 13.2. The highest BCUT2D eigenvalue weighted by Gasteiger charge is 2.23. The number of hydrogen-bond donors (Lipinski definition) is 1. The van der Waals surface area contributed by atoms with E-state index in [0.29, 0.717) is 18.1 Å². The molecule has 0 radical (unpaired) electrons. The zero-order chi connectivity index (χ0) is 21.6. The zero-order valence-corrected chi connectivity index (χ0v) is 17.9. The monoisotopic (exact) mass is 422 g/mol. The van der Waals surface area contributed by atoms with Gasteiger partial charge in [0, 0.05) is 0 Å². The van der Waals surface area contributed by atoms with Gasteiger partial charge in [-0.25, -0.2) is 12.8 Å². The lowest BCUT2D eigenvalue weighted by Gasteiger charge is -2.25. The molecule has 6 nitrogen and oxygen atoms in total. The zero-order valence-electron chi connectivity index (χ0n) is 17.1. The second-order valence-corrected chi connectivity index (χ2v) is 9.18. The van der Waals surface area contributed by atoms with E-state index in [2.05, 4.69) is 5.32 Å². The van der Waals surface area contributed by atoms with Gasteiger partial charge >= 0.3 is 0 Å². The van der Waals surface area contributed by atoms with E-state index in [4.69, 9.17) is 4.74 Å². The molecule has 1 N–H and O–H groups in total. The summed E-state index contributed by atoms with van der Waals surface area (Å²) in [6, 6.07) is 12.1. The van der Waals surface area contributed by atoms with Crippen LogP contribution in [0.1, 0.15) is 31.9 Å². The maximum Gasteiger partial charge on any atom is 0.241 e. The number of rotatable bonds is 9. The maximum atomic E-state index is 13.2. The van der Waals surface area contributed by atoms with E-state index < -0.39 is 28.3 Å². The minimum atomic E-state index is -3.72. The van der Waals surface area contributed by atoms with Crippen molar-refractivity contribution < 1.29 is 22.3 Å². The predicted octanol–water partition coefficient (Wildman–Crippen LogP) is 3.50. The van der Waals surface area contributed by atoms with E-state index in [-0.39, 0.29) is 11.7 Å². The van der Waals surface area contributed by atoms with Crippen LogP contribution >= 0.6 is 0 Å². The molecule has 1 atom stereocenters. The topological polar surface area (TPSA) is 75.7 Å². The van der Waals surface area contributed by atoms with Gasteiger partial charge in [-0.05, 0) is 54.3 Å². The van der Waals surface area contributed by atoms with Gasteiger partial charge < -0.3 is 10.1 Å². The number of halogens is 1. The molecular weight excluding hydrogens is 395 g/mol. The van der Waals surface area contributed by atoms with Gasteiger partial charge in [-0.3, -0.25) is 9.10 Å². The lowest BCUT2D eigenvalue weighted by Crippen LogP contribution is -2.41. The summed E-state index contributed by atoms with van der Waals surface area (Å²) in [6.45, 7) is 3.70. The van der Waals surface area contributed by atoms with Crippen LogP contribution in [0.4, 0.5) is 10.1 Å². The van der Waals surface area contributed by atoms with Gasteiger partial charge in [0.2, 0.25) is 15.9 Å². The standard InChI is InChI=1S/C21H27FN2O4S/c1-15(2)13-20(16-5-11-19(28-3)12-6-16)23-21(25)14-24(29(4,26)27)18-9-7-17(22)8-10-18/h5-12,15,20H,13-14H2,1-4H3,(H,23,25). The van der Waals surface area contributed by atoms with E-state index in [9.17, 15) is 17.6 Å². The van der Waals surface area contributed by atoms with E-state index in [1.165, 1.54) is 12.1 Å². The van der Waals surface area contributed by atoms with Crippen LogP contribution in [0.2, 0.25) is 0 Å². The quantitative estimate of drug-likeness (QED) is 0.671. The number of nitrogens with one attached hydrogen (secondary N) is 1. The normalized spacial score (nSPS) is 12.5. The van der Waals surface area contributed by atoms with E-state index in [1.54, 1.807) is 7.11 Å². The summed E-state index contributed by atoms with van der Waals surface area (Å²) in [4.78, 5) is 12.7. The summed E-state index contributed by atoms with van der Waals surface area (Å²) >= 11 is 0. The molecule has 1 amide bonds. The Labute approximate surface area is 171 Å². The van der Waals surface area contributed by atoms with Crippen LogP contribution in [0, 0.1) is 11.7 Å². The number of anilines is 1. The SMILES string of the molecule is COc1ccc(C(CC(C)C)NC(=O)CN(c2ccc(F)cc2)S(C)(=O)=O)cc1. The third-order valence-electron chi connectivity index (χ3n) is 4.36. The van der Waals surface area contributed by atoms with Crippen molar-refractivity contribution in [2.75, 3.05) is 24.2 Å². The minimum absolute atomic E-state index is 0.230. The highest BCUT2D eigenvalue weighted by Crippen LogP contribution is 2.24. The van der Waals surface area contributed by atoms with Crippen molar-refractivity contribution >= 4 is 21.6 Å². The van der Waals surface area contributed by atoms with Gasteiger partial charge in [0.25, 0.3) is 0 Å². The average molecular weight is 423 g/mol. The molecule has 29 heavy (non-hydrogen) atoms. The number of carbonyl (C=O) groups is 1. The molecule has 0 saturated heterocycles. The highest BCUT2D eigenvalue weighted by molar-refractivity contribution is 7.92. The number of methoxy groups -OCH3 is 1. The molecule has 0 fully saturated rings. The third-order valence-corrected chi connectivity index (χ3v) is 5.50. The van der Waals surface area contributed by atoms with E-state index in [0.717, 1.165) is 28.3 Å². The summed E-state index contributed by atoms with van der Waals surface area (Å²) < 4.78 is 43.7. The highest BCUT2D eigenvalue weighted by atomic mass is 32.2. The third kappa shape index (κ3) is 6.74. The second kappa shape index (κ2) is 9.73. The number of amides is 1. The summed E-state index contributed by atoms with van der Waals surface area (Å²) in [6.07, 6.45) is 1.70. The first-order valence-electron chi connectivity index (χ1n) is 9.26. The molecule has 2 aromatic rings. The van der Waals surface area contributed by atoms with Crippen LogP contribution in [0.15, 0.2) is 48.5 Å². The molecule has 158 valence electrons. The Morgan fingerprint density at radius 2 is 1.69 bits per heavy atom. The summed E-state index contributed by atoms with van der Waals surface area (Å²) in [7, 11) is -2.14. The van der Waals surface area contributed by atoms with Crippen LogP contribution in [0.5, 0.6) is 5.75 Å². The minimum Gasteiger partial charge on any atom is -0.497 e. The number of carbonyl (C=O) groups excluding carboxylic acids is 1. The van der Waals surface area contributed by atoms with E-state index in [1.807, 2.05) is 38.1 Å². The van der Waals surface area contributed by atoms with Crippen LogP contribution < -0.4 is 14.4 Å². The summed E-state index contributed by atoms with van der Waals surface area (Å²) in [5.74, 6) is 0.0952. The average Bonchev–Trinajstić information content (AvgIpc) is 2.65. The Bertz CT molecular complexity index is 913. The Morgan fingerprint density at radius 3 is 2.17 bits per heavy atom. The lowest BCUT2D eigenvalue weighted by atomic mass is 9.97. The molecule has 0 spiro atoms. The summed E-state index contributed by atoms with van der Waals surface area (Å²) in [5.41, 5.74) is 1.13. The molecule has 0 aliphatic carbocycles. The Hall–Kier alpha value is -2.61. The number of sulfonamides is 1. The van der Waals surface area contributed by atoms with Gasteiger partial charge in [0.05, 0.1) is 25.1 Å². The number of hydrogen-bond acceptors (Lipinski definition) is 4.